The van der Waals surface area contributed by atoms with E-state index in [1.54, 1.807) is 41.5 Å². The first-order valence-corrected chi connectivity index (χ1v) is 7.24. The molecule has 0 saturated carbocycles. The summed E-state index contributed by atoms with van der Waals surface area (Å²) in [5.41, 5.74) is 0.598. The van der Waals surface area contributed by atoms with Gasteiger partial charge in [0.1, 0.15) is 11.6 Å². The summed E-state index contributed by atoms with van der Waals surface area (Å²) in [6, 6.07) is 10.3. The maximum Gasteiger partial charge on any atom is 0.246 e. The summed E-state index contributed by atoms with van der Waals surface area (Å²) < 4.78 is 18.9. The Kier molecular flexibility index (Phi) is 4.23. The van der Waals surface area contributed by atoms with Crippen LogP contribution in [0.5, 0.6) is 0 Å². The highest BCUT2D eigenvalue weighted by molar-refractivity contribution is 5.91. The molecule has 0 N–H and O–H groups in total. The fourth-order valence-corrected chi connectivity index (χ4v) is 2.52. The standard InChI is InChI=1S/C17H17FN2O2/c18-15-5-1-2-6-16(15)19-9-11-20(12-10-19)17(21)8-7-14-4-3-13-22-14/h1-8,13H,9-12H2. The average Bonchev–Trinajstić information content (AvgIpc) is 3.07. The van der Waals surface area contributed by atoms with Crippen LogP contribution in [0.1, 0.15) is 5.76 Å². The van der Waals surface area contributed by atoms with Crippen LogP contribution in [0.2, 0.25) is 0 Å². The topological polar surface area (TPSA) is 36.7 Å². The quantitative estimate of drug-likeness (QED) is 0.818. The predicted octanol–water partition coefficient (Wildman–Crippen LogP) is 2.78. The lowest BCUT2D eigenvalue weighted by Gasteiger charge is -2.35. The Morgan fingerprint density at radius 1 is 1.09 bits per heavy atom. The van der Waals surface area contributed by atoms with Gasteiger partial charge < -0.3 is 14.2 Å². The second-order valence-corrected chi connectivity index (χ2v) is 5.11. The molecule has 22 heavy (non-hydrogen) atoms. The molecule has 0 radical (unpaired) electrons. The SMILES string of the molecule is O=C(C=Cc1ccco1)N1CCN(c2ccccc2F)CC1. The molecule has 1 aromatic heterocycles. The molecule has 1 aromatic carbocycles. The summed E-state index contributed by atoms with van der Waals surface area (Å²) in [4.78, 5) is 15.8. The van der Waals surface area contributed by atoms with Gasteiger partial charge in [-0.2, -0.15) is 0 Å². The first-order valence-electron chi connectivity index (χ1n) is 7.24. The minimum atomic E-state index is -0.222. The van der Waals surface area contributed by atoms with Gasteiger partial charge in [-0.3, -0.25) is 4.79 Å². The number of benzene rings is 1. The molecule has 4 nitrogen and oxygen atoms in total. The number of rotatable bonds is 3. The van der Waals surface area contributed by atoms with Gasteiger partial charge in [0.2, 0.25) is 5.91 Å². The number of carbonyl (C=O) groups excluding carboxylic acids is 1. The van der Waals surface area contributed by atoms with Gasteiger partial charge in [0.15, 0.2) is 0 Å². The molecule has 5 heteroatoms. The van der Waals surface area contributed by atoms with Crippen LogP contribution in [-0.4, -0.2) is 37.0 Å². The lowest BCUT2D eigenvalue weighted by molar-refractivity contribution is -0.126. The highest BCUT2D eigenvalue weighted by atomic mass is 19.1. The molecule has 1 amide bonds. The van der Waals surface area contributed by atoms with Crippen LogP contribution in [0.4, 0.5) is 10.1 Å². The molecule has 2 heterocycles. The Balaban J connectivity index is 1.57. The van der Waals surface area contributed by atoms with Crippen LogP contribution < -0.4 is 4.90 Å². The van der Waals surface area contributed by atoms with Crippen molar-refractivity contribution >= 4 is 17.7 Å². The van der Waals surface area contributed by atoms with Gasteiger partial charge in [-0.15, -0.1) is 0 Å². The molecule has 2 aromatic rings. The molecule has 1 aliphatic rings. The Hall–Kier alpha value is -2.56. The largest absolute Gasteiger partial charge is 0.465 e. The van der Waals surface area contributed by atoms with E-state index in [0.717, 1.165) is 0 Å². The van der Waals surface area contributed by atoms with Crippen LogP contribution in [0, 0.1) is 5.82 Å². The minimum Gasteiger partial charge on any atom is -0.465 e. The molecule has 0 atom stereocenters. The van der Waals surface area contributed by atoms with Gasteiger partial charge in [-0.25, -0.2) is 4.39 Å². The highest BCUT2D eigenvalue weighted by Crippen LogP contribution is 2.20. The number of hydrogen-bond acceptors (Lipinski definition) is 3. The third-order valence-corrected chi connectivity index (χ3v) is 3.72. The van der Waals surface area contributed by atoms with Crippen LogP contribution in [0.25, 0.3) is 6.08 Å². The summed E-state index contributed by atoms with van der Waals surface area (Å²) in [6.45, 7) is 2.41. The van der Waals surface area contributed by atoms with Gasteiger partial charge in [-0.1, -0.05) is 12.1 Å². The predicted molar refractivity (Wildman–Crippen MR) is 82.9 cm³/mol. The molecule has 0 unspecified atom stereocenters. The molecular formula is C17H17FN2O2. The van der Waals surface area contributed by atoms with Crippen molar-refractivity contribution < 1.29 is 13.6 Å². The summed E-state index contributed by atoms with van der Waals surface area (Å²) >= 11 is 0. The van der Waals surface area contributed by atoms with E-state index in [1.165, 1.54) is 12.1 Å². The van der Waals surface area contributed by atoms with E-state index >= 15 is 0 Å². The summed E-state index contributed by atoms with van der Waals surface area (Å²) in [5.74, 6) is 0.378. The Bertz CT molecular complexity index is 659. The number of furan rings is 1. The second kappa shape index (κ2) is 6.47. The van der Waals surface area contributed by atoms with Crippen molar-refractivity contribution in [3.63, 3.8) is 0 Å². The number of para-hydroxylation sites is 1. The third-order valence-electron chi connectivity index (χ3n) is 3.72. The van der Waals surface area contributed by atoms with E-state index in [4.69, 9.17) is 4.42 Å². The number of hydrogen-bond donors (Lipinski definition) is 0. The van der Waals surface area contributed by atoms with Crippen LogP contribution in [0.15, 0.2) is 53.2 Å². The first kappa shape index (κ1) is 14.4. The summed E-state index contributed by atoms with van der Waals surface area (Å²) in [6.07, 6.45) is 4.74. The molecule has 0 bridgehead atoms. The molecule has 1 aliphatic heterocycles. The van der Waals surface area contributed by atoms with Crippen molar-refractivity contribution in [3.05, 3.63) is 60.3 Å². The Morgan fingerprint density at radius 2 is 1.86 bits per heavy atom. The molecular weight excluding hydrogens is 283 g/mol. The van der Waals surface area contributed by atoms with Crippen molar-refractivity contribution in [1.29, 1.82) is 0 Å². The smallest absolute Gasteiger partial charge is 0.246 e. The minimum absolute atomic E-state index is 0.0513. The zero-order valence-corrected chi connectivity index (χ0v) is 12.1. The average molecular weight is 300 g/mol. The molecule has 0 aliphatic carbocycles. The molecule has 1 fully saturated rings. The third kappa shape index (κ3) is 3.19. The first-order chi connectivity index (χ1) is 10.7. The van der Waals surface area contributed by atoms with Gasteiger partial charge in [-0.05, 0) is 30.3 Å². The molecule has 1 saturated heterocycles. The lowest BCUT2D eigenvalue weighted by atomic mass is 10.2. The number of halogens is 1. The maximum atomic E-state index is 13.8. The number of piperazine rings is 1. The van der Waals surface area contributed by atoms with Gasteiger partial charge in [0.25, 0.3) is 0 Å². The van der Waals surface area contributed by atoms with Crippen molar-refractivity contribution in [1.82, 2.24) is 4.90 Å². The van der Waals surface area contributed by atoms with Crippen LogP contribution in [-0.2, 0) is 4.79 Å². The fraction of sp³-hybridized carbons (Fsp3) is 0.235. The fourth-order valence-electron chi connectivity index (χ4n) is 2.52. The van der Waals surface area contributed by atoms with Crippen molar-refractivity contribution in [3.8, 4) is 0 Å². The summed E-state index contributed by atoms with van der Waals surface area (Å²) in [5, 5.41) is 0. The normalized spacial score (nSPS) is 15.5. The van der Waals surface area contributed by atoms with Crippen molar-refractivity contribution in [2.45, 2.75) is 0 Å². The number of amides is 1. The second-order valence-electron chi connectivity index (χ2n) is 5.11. The van der Waals surface area contributed by atoms with Gasteiger partial charge in [0, 0.05) is 32.3 Å². The van der Waals surface area contributed by atoms with E-state index < -0.39 is 0 Å². The van der Waals surface area contributed by atoms with E-state index in [1.807, 2.05) is 11.0 Å². The molecule has 0 spiro atoms. The zero-order chi connectivity index (χ0) is 15.4. The zero-order valence-electron chi connectivity index (χ0n) is 12.1. The highest BCUT2D eigenvalue weighted by Gasteiger charge is 2.21. The number of nitrogens with zero attached hydrogens (tertiary/aromatic N) is 2. The monoisotopic (exact) mass is 300 g/mol. The Labute approximate surface area is 128 Å². The number of carbonyl (C=O) groups is 1. The molecule has 114 valence electrons. The van der Waals surface area contributed by atoms with Crippen LogP contribution >= 0.6 is 0 Å². The van der Waals surface area contributed by atoms with Gasteiger partial charge >= 0.3 is 0 Å². The van der Waals surface area contributed by atoms with Crippen molar-refractivity contribution in [2.75, 3.05) is 31.1 Å². The Morgan fingerprint density at radius 3 is 2.55 bits per heavy atom. The van der Waals surface area contributed by atoms with E-state index in [0.29, 0.717) is 37.6 Å². The molecule has 3 rings (SSSR count). The van der Waals surface area contributed by atoms with Gasteiger partial charge in [0.05, 0.1) is 12.0 Å². The van der Waals surface area contributed by atoms with E-state index in [-0.39, 0.29) is 11.7 Å². The number of anilines is 1. The maximum absolute atomic E-state index is 13.8. The van der Waals surface area contributed by atoms with E-state index in [2.05, 4.69) is 0 Å². The van der Waals surface area contributed by atoms with Crippen LogP contribution in [0.3, 0.4) is 0 Å². The van der Waals surface area contributed by atoms with E-state index in [9.17, 15) is 9.18 Å². The lowest BCUT2D eigenvalue weighted by Crippen LogP contribution is -2.48. The summed E-state index contributed by atoms with van der Waals surface area (Å²) in [7, 11) is 0. The van der Waals surface area contributed by atoms with Crippen molar-refractivity contribution in [2.24, 2.45) is 0 Å².